The van der Waals surface area contributed by atoms with Gasteiger partial charge in [-0.2, -0.15) is 0 Å². The van der Waals surface area contributed by atoms with Crippen molar-refractivity contribution in [2.45, 2.75) is 30.7 Å². The second kappa shape index (κ2) is 5.72. The molecule has 5 atom stereocenters. The summed E-state index contributed by atoms with van der Waals surface area (Å²) in [6.45, 7) is -0.536. The lowest BCUT2D eigenvalue weighted by Crippen LogP contribution is -2.60. The fraction of sp³-hybridized carbons (Fsp3) is 0.500. The molecule has 1 aliphatic rings. The minimum Gasteiger partial charge on any atom is -0.504 e. The summed E-state index contributed by atoms with van der Waals surface area (Å²) in [5.74, 6) is -0.0914. The van der Waals surface area contributed by atoms with Gasteiger partial charge in [-0.1, -0.05) is 12.1 Å². The Kier molecular flexibility index (Phi) is 4.23. The highest BCUT2D eigenvalue weighted by atomic mass is 16.7. The van der Waals surface area contributed by atoms with Gasteiger partial charge >= 0.3 is 0 Å². The average molecular weight is 272 g/mol. The Morgan fingerprint density at radius 3 is 2.37 bits per heavy atom. The van der Waals surface area contributed by atoms with E-state index in [-0.39, 0.29) is 11.5 Å². The summed E-state index contributed by atoms with van der Waals surface area (Å²) in [5, 5.41) is 47.5. The molecule has 0 aliphatic carbocycles. The molecular weight excluding hydrogens is 256 g/mol. The number of para-hydroxylation sites is 2. The zero-order valence-corrected chi connectivity index (χ0v) is 9.96. The van der Waals surface area contributed by atoms with E-state index in [0.717, 1.165) is 0 Å². The van der Waals surface area contributed by atoms with Crippen LogP contribution in [0, 0.1) is 0 Å². The lowest BCUT2D eigenvalue weighted by molar-refractivity contribution is -0.277. The zero-order valence-electron chi connectivity index (χ0n) is 9.96. The van der Waals surface area contributed by atoms with Crippen molar-refractivity contribution < 1.29 is 35.0 Å². The molecule has 0 radical (unpaired) electrons. The van der Waals surface area contributed by atoms with Gasteiger partial charge in [0.25, 0.3) is 0 Å². The summed E-state index contributed by atoms with van der Waals surface area (Å²) in [6.07, 6.45) is -6.80. The van der Waals surface area contributed by atoms with Crippen LogP contribution in [0.3, 0.4) is 0 Å². The normalized spacial score (nSPS) is 35.1. The number of aromatic hydroxyl groups is 1. The molecule has 0 spiro atoms. The van der Waals surface area contributed by atoms with Crippen molar-refractivity contribution >= 4 is 0 Å². The van der Waals surface area contributed by atoms with Gasteiger partial charge in [0.1, 0.15) is 24.4 Å². The molecule has 0 saturated carbocycles. The van der Waals surface area contributed by atoms with E-state index in [1.165, 1.54) is 12.1 Å². The molecule has 1 unspecified atom stereocenters. The molecule has 1 heterocycles. The Morgan fingerprint density at radius 2 is 1.74 bits per heavy atom. The minimum atomic E-state index is -1.51. The summed E-state index contributed by atoms with van der Waals surface area (Å²) in [4.78, 5) is 0. The van der Waals surface area contributed by atoms with Crippen LogP contribution in [0.4, 0.5) is 0 Å². The molecular formula is C12H16O7. The summed E-state index contributed by atoms with van der Waals surface area (Å²) >= 11 is 0. The van der Waals surface area contributed by atoms with Crippen molar-refractivity contribution in [3.05, 3.63) is 24.3 Å². The van der Waals surface area contributed by atoms with E-state index >= 15 is 0 Å². The van der Waals surface area contributed by atoms with Gasteiger partial charge in [-0.05, 0) is 12.1 Å². The van der Waals surface area contributed by atoms with E-state index in [1.807, 2.05) is 0 Å². The molecule has 1 aromatic carbocycles. The average Bonchev–Trinajstić information content (AvgIpc) is 2.41. The Bertz CT molecular complexity index is 422. The molecule has 1 aromatic rings. The van der Waals surface area contributed by atoms with Crippen molar-refractivity contribution in [1.82, 2.24) is 0 Å². The molecule has 1 fully saturated rings. The second-order valence-corrected chi connectivity index (χ2v) is 4.28. The predicted molar refractivity (Wildman–Crippen MR) is 62.5 cm³/mol. The smallest absolute Gasteiger partial charge is 0.229 e. The molecule has 1 saturated heterocycles. The maximum absolute atomic E-state index is 9.75. The standard InChI is InChI=1S/C12H16O7/c13-5-8-9(15)10(16)11(17)12(19-8)18-7-4-2-1-3-6(7)14/h1-4,8-17H,5H2/t8-,9+,10+,11-,12?/m1/s1. The van der Waals surface area contributed by atoms with Gasteiger partial charge in [-0.15, -0.1) is 0 Å². The number of phenols is 1. The van der Waals surface area contributed by atoms with Crippen molar-refractivity contribution in [2.24, 2.45) is 0 Å². The fourth-order valence-corrected chi connectivity index (χ4v) is 1.85. The number of ether oxygens (including phenoxy) is 2. The monoisotopic (exact) mass is 272 g/mol. The second-order valence-electron chi connectivity index (χ2n) is 4.28. The number of rotatable bonds is 3. The Labute approximate surface area is 109 Å². The van der Waals surface area contributed by atoms with Crippen LogP contribution in [-0.2, 0) is 4.74 Å². The highest BCUT2D eigenvalue weighted by Crippen LogP contribution is 2.29. The van der Waals surface area contributed by atoms with Crippen LogP contribution in [0.15, 0.2) is 24.3 Å². The topological polar surface area (TPSA) is 120 Å². The lowest BCUT2D eigenvalue weighted by Gasteiger charge is -2.39. The minimum absolute atomic E-state index is 0.0619. The van der Waals surface area contributed by atoms with Gasteiger partial charge in [-0.25, -0.2) is 0 Å². The van der Waals surface area contributed by atoms with Crippen LogP contribution in [0.1, 0.15) is 0 Å². The quantitative estimate of drug-likeness (QED) is 0.457. The van der Waals surface area contributed by atoms with Crippen molar-refractivity contribution in [2.75, 3.05) is 6.61 Å². The summed E-state index contributed by atoms with van der Waals surface area (Å²) in [6, 6.07) is 6.05. The molecule has 5 N–H and O–H groups in total. The van der Waals surface area contributed by atoms with Crippen LogP contribution in [0.25, 0.3) is 0 Å². The molecule has 7 nitrogen and oxygen atoms in total. The Balaban J connectivity index is 2.13. The number of hydrogen-bond donors (Lipinski definition) is 5. The number of phenolic OH excluding ortho intramolecular Hbond substituents is 1. The van der Waals surface area contributed by atoms with Crippen molar-refractivity contribution in [3.63, 3.8) is 0 Å². The number of aliphatic hydroxyl groups excluding tert-OH is 4. The van der Waals surface area contributed by atoms with Crippen LogP contribution in [0.2, 0.25) is 0 Å². The first kappa shape index (κ1) is 14.0. The van der Waals surface area contributed by atoms with Gasteiger partial charge in [0.15, 0.2) is 11.5 Å². The predicted octanol–water partition coefficient (Wildman–Crippen LogP) is -1.43. The van der Waals surface area contributed by atoms with E-state index < -0.39 is 37.3 Å². The summed E-state index contributed by atoms with van der Waals surface area (Å²) < 4.78 is 10.4. The lowest BCUT2D eigenvalue weighted by atomic mass is 9.99. The first-order valence-corrected chi connectivity index (χ1v) is 5.79. The number of hydrogen-bond acceptors (Lipinski definition) is 7. The highest BCUT2D eigenvalue weighted by Gasteiger charge is 2.44. The molecule has 106 valence electrons. The van der Waals surface area contributed by atoms with Gasteiger partial charge in [0, 0.05) is 0 Å². The number of aliphatic hydroxyl groups is 4. The summed E-state index contributed by atoms with van der Waals surface area (Å²) in [5.41, 5.74) is 0. The third-order valence-electron chi connectivity index (χ3n) is 2.96. The molecule has 0 aromatic heterocycles. The Hall–Kier alpha value is -1.38. The molecule has 7 heteroatoms. The largest absolute Gasteiger partial charge is 0.504 e. The van der Waals surface area contributed by atoms with Gasteiger partial charge in [0.05, 0.1) is 6.61 Å². The zero-order chi connectivity index (χ0) is 14.0. The van der Waals surface area contributed by atoms with Gasteiger partial charge in [-0.3, -0.25) is 0 Å². The molecule has 0 bridgehead atoms. The first-order chi connectivity index (χ1) is 9.04. The first-order valence-electron chi connectivity index (χ1n) is 5.79. The third-order valence-corrected chi connectivity index (χ3v) is 2.96. The van der Waals surface area contributed by atoms with E-state index in [4.69, 9.17) is 14.6 Å². The summed E-state index contributed by atoms with van der Waals surface area (Å²) in [7, 11) is 0. The van der Waals surface area contributed by atoms with Crippen LogP contribution in [-0.4, -0.2) is 62.8 Å². The highest BCUT2D eigenvalue weighted by molar-refractivity contribution is 5.38. The number of benzene rings is 1. The maximum Gasteiger partial charge on any atom is 0.229 e. The van der Waals surface area contributed by atoms with E-state index in [1.54, 1.807) is 12.1 Å². The fourth-order valence-electron chi connectivity index (χ4n) is 1.85. The molecule has 19 heavy (non-hydrogen) atoms. The SMILES string of the molecule is OC[C@H]1OC(Oc2ccccc2O)[C@H](O)[C@@H](O)[C@H]1O. The molecule has 0 amide bonds. The van der Waals surface area contributed by atoms with Gasteiger partial charge in [0.2, 0.25) is 6.29 Å². The van der Waals surface area contributed by atoms with E-state index in [9.17, 15) is 20.4 Å². The van der Waals surface area contributed by atoms with Crippen LogP contribution < -0.4 is 4.74 Å². The molecule has 2 rings (SSSR count). The van der Waals surface area contributed by atoms with Crippen molar-refractivity contribution in [1.29, 1.82) is 0 Å². The van der Waals surface area contributed by atoms with Crippen LogP contribution in [0.5, 0.6) is 11.5 Å². The van der Waals surface area contributed by atoms with E-state index in [2.05, 4.69) is 0 Å². The molecule has 1 aliphatic heterocycles. The van der Waals surface area contributed by atoms with Crippen molar-refractivity contribution in [3.8, 4) is 11.5 Å². The maximum atomic E-state index is 9.75. The van der Waals surface area contributed by atoms with Gasteiger partial charge < -0.3 is 35.0 Å². The third kappa shape index (κ3) is 2.80. The Morgan fingerprint density at radius 1 is 1.05 bits per heavy atom. The van der Waals surface area contributed by atoms with E-state index in [0.29, 0.717) is 0 Å². The van der Waals surface area contributed by atoms with Crippen LogP contribution >= 0.6 is 0 Å².